The van der Waals surface area contributed by atoms with E-state index in [9.17, 15) is 4.79 Å². The Labute approximate surface area is 126 Å². The Bertz CT molecular complexity index is 879. The average molecular weight is 303 g/mol. The first-order valence-electron chi connectivity index (χ1n) is 6.61. The van der Waals surface area contributed by atoms with Crippen LogP contribution in [0.25, 0.3) is 16.6 Å². The molecule has 2 aromatic heterocycles. The van der Waals surface area contributed by atoms with Gasteiger partial charge in [0.1, 0.15) is 0 Å². The molecule has 1 aromatic carbocycles. The molecule has 0 saturated heterocycles. The lowest BCUT2D eigenvalue weighted by atomic mass is 10.1. The van der Waals surface area contributed by atoms with E-state index in [1.807, 2.05) is 32.0 Å². The first-order chi connectivity index (χ1) is 10.0. The van der Waals surface area contributed by atoms with Gasteiger partial charge in [0.2, 0.25) is 0 Å². The van der Waals surface area contributed by atoms with Gasteiger partial charge < -0.3 is 5.73 Å². The summed E-state index contributed by atoms with van der Waals surface area (Å²) < 4.78 is 1.53. The largest absolute Gasteiger partial charge is 0.323 e. The number of benzene rings is 1. The molecule has 0 fully saturated rings. The minimum Gasteiger partial charge on any atom is -0.323 e. The van der Waals surface area contributed by atoms with Crippen molar-refractivity contribution in [2.24, 2.45) is 5.73 Å². The second kappa shape index (κ2) is 5.02. The maximum Gasteiger partial charge on any atom is 0.266 e. The number of hydrogen-bond acceptors (Lipinski definition) is 3. The van der Waals surface area contributed by atoms with Crippen molar-refractivity contribution in [3.8, 4) is 5.82 Å². The van der Waals surface area contributed by atoms with Crippen molar-refractivity contribution in [1.29, 1.82) is 0 Å². The molecule has 3 N–H and O–H groups in total. The van der Waals surface area contributed by atoms with Gasteiger partial charge in [-0.25, -0.2) is 0 Å². The van der Waals surface area contributed by atoms with E-state index < -0.39 is 0 Å². The minimum atomic E-state index is -0.308. The summed E-state index contributed by atoms with van der Waals surface area (Å²) in [6.45, 7) is 3.72. The molecule has 0 bridgehead atoms. The molecule has 0 aliphatic heterocycles. The van der Waals surface area contributed by atoms with Crippen LogP contribution in [0.15, 0.2) is 35.3 Å². The van der Waals surface area contributed by atoms with Crippen LogP contribution in [-0.2, 0) is 0 Å². The number of aromatic nitrogens is 3. The van der Waals surface area contributed by atoms with Gasteiger partial charge in [0, 0.05) is 23.5 Å². The molecule has 0 spiro atoms. The zero-order chi connectivity index (χ0) is 15.1. The number of fused-ring (bicyclic) bond motifs is 1. The second-order valence-corrected chi connectivity index (χ2v) is 5.50. The highest BCUT2D eigenvalue weighted by Crippen LogP contribution is 2.24. The highest BCUT2D eigenvalue weighted by atomic mass is 35.5. The Hall–Kier alpha value is -2.11. The molecule has 0 aliphatic carbocycles. The number of aromatic amines is 1. The lowest BCUT2D eigenvalue weighted by Gasteiger charge is -2.16. The Morgan fingerprint density at radius 3 is 2.81 bits per heavy atom. The predicted molar refractivity (Wildman–Crippen MR) is 84.0 cm³/mol. The van der Waals surface area contributed by atoms with E-state index in [1.54, 1.807) is 12.3 Å². The number of halogens is 1. The monoisotopic (exact) mass is 302 g/mol. The third kappa shape index (κ3) is 2.14. The summed E-state index contributed by atoms with van der Waals surface area (Å²) in [5.74, 6) is 0.550. The van der Waals surface area contributed by atoms with Crippen LogP contribution in [0.5, 0.6) is 0 Å². The first kappa shape index (κ1) is 13.9. The highest BCUT2D eigenvalue weighted by molar-refractivity contribution is 6.35. The van der Waals surface area contributed by atoms with E-state index >= 15 is 0 Å². The van der Waals surface area contributed by atoms with Crippen LogP contribution in [0, 0.1) is 6.92 Å². The third-order valence-electron chi connectivity index (χ3n) is 3.51. The molecule has 1 unspecified atom stereocenters. The van der Waals surface area contributed by atoms with Crippen molar-refractivity contribution in [1.82, 2.24) is 14.8 Å². The smallest absolute Gasteiger partial charge is 0.266 e. The van der Waals surface area contributed by atoms with E-state index in [1.165, 1.54) is 4.57 Å². The summed E-state index contributed by atoms with van der Waals surface area (Å²) in [5, 5.41) is 8.62. The van der Waals surface area contributed by atoms with Gasteiger partial charge in [0.25, 0.3) is 5.56 Å². The van der Waals surface area contributed by atoms with E-state index in [0.29, 0.717) is 21.9 Å². The zero-order valence-electron chi connectivity index (χ0n) is 11.7. The SMILES string of the molecule is Cc1c[nH]nc1-n1c(C(C)N)cc2cccc(Cl)c2c1=O. The molecule has 2 heterocycles. The van der Waals surface area contributed by atoms with Crippen molar-refractivity contribution in [2.45, 2.75) is 19.9 Å². The van der Waals surface area contributed by atoms with Gasteiger partial charge in [-0.1, -0.05) is 23.7 Å². The van der Waals surface area contributed by atoms with Crippen LogP contribution in [-0.4, -0.2) is 14.8 Å². The number of nitrogens with zero attached hydrogens (tertiary/aromatic N) is 2. The number of H-pyrrole nitrogens is 1. The number of hydrogen-bond donors (Lipinski definition) is 2. The molecule has 108 valence electrons. The lowest BCUT2D eigenvalue weighted by Crippen LogP contribution is -2.26. The minimum absolute atomic E-state index is 0.208. The summed E-state index contributed by atoms with van der Waals surface area (Å²) in [6.07, 6.45) is 1.74. The lowest BCUT2D eigenvalue weighted by molar-refractivity contribution is 0.723. The molecular weight excluding hydrogens is 288 g/mol. The maximum absolute atomic E-state index is 12.9. The van der Waals surface area contributed by atoms with E-state index in [-0.39, 0.29) is 11.6 Å². The van der Waals surface area contributed by atoms with Gasteiger partial charge in [-0.2, -0.15) is 5.10 Å². The van der Waals surface area contributed by atoms with Gasteiger partial charge >= 0.3 is 0 Å². The molecule has 6 heteroatoms. The molecule has 21 heavy (non-hydrogen) atoms. The van der Waals surface area contributed by atoms with Crippen molar-refractivity contribution < 1.29 is 0 Å². The van der Waals surface area contributed by atoms with Crippen molar-refractivity contribution >= 4 is 22.4 Å². The van der Waals surface area contributed by atoms with Crippen LogP contribution in [0.4, 0.5) is 0 Å². The molecule has 0 radical (unpaired) electrons. The summed E-state index contributed by atoms with van der Waals surface area (Å²) in [4.78, 5) is 12.9. The summed E-state index contributed by atoms with van der Waals surface area (Å²) in [6, 6.07) is 6.97. The number of rotatable bonds is 2. The molecule has 5 nitrogen and oxygen atoms in total. The normalized spacial score (nSPS) is 12.8. The Morgan fingerprint density at radius 2 is 2.19 bits per heavy atom. The number of pyridine rings is 1. The van der Waals surface area contributed by atoms with Gasteiger partial charge in [-0.3, -0.25) is 14.5 Å². The van der Waals surface area contributed by atoms with Crippen LogP contribution in [0.3, 0.4) is 0 Å². The maximum atomic E-state index is 12.9. The zero-order valence-corrected chi connectivity index (χ0v) is 12.5. The number of nitrogens with two attached hydrogens (primary N) is 1. The van der Waals surface area contributed by atoms with Crippen molar-refractivity contribution in [2.75, 3.05) is 0 Å². The number of aryl methyl sites for hydroxylation is 1. The predicted octanol–water partition coefficient (Wildman–Crippen LogP) is 2.70. The Kier molecular flexibility index (Phi) is 3.31. The summed E-state index contributed by atoms with van der Waals surface area (Å²) in [7, 11) is 0. The third-order valence-corrected chi connectivity index (χ3v) is 3.82. The Balaban J connectivity index is 2.50. The van der Waals surface area contributed by atoms with Crippen LogP contribution < -0.4 is 11.3 Å². The number of nitrogens with one attached hydrogen (secondary N) is 1. The molecule has 0 amide bonds. The molecule has 0 saturated carbocycles. The molecule has 0 aliphatic rings. The standard InChI is InChI=1S/C15H15ClN4O/c1-8-7-18-19-14(8)20-12(9(2)17)6-10-4-3-5-11(16)13(10)15(20)21/h3-7,9H,17H2,1-2H3,(H,18,19). The fourth-order valence-corrected chi connectivity index (χ4v) is 2.73. The van der Waals surface area contributed by atoms with Gasteiger partial charge in [-0.15, -0.1) is 0 Å². The Morgan fingerprint density at radius 1 is 1.43 bits per heavy atom. The van der Waals surface area contributed by atoms with Crippen LogP contribution >= 0.6 is 11.6 Å². The van der Waals surface area contributed by atoms with Gasteiger partial charge in [0.05, 0.1) is 10.4 Å². The molecule has 3 aromatic rings. The fourth-order valence-electron chi connectivity index (χ4n) is 2.46. The quantitative estimate of drug-likeness (QED) is 0.764. The fraction of sp³-hybridized carbons (Fsp3) is 0.200. The highest BCUT2D eigenvalue weighted by Gasteiger charge is 2.18. The van der Waals surface area contributed by atoms with Crippen molar-refractivity contribution in [3.63, 3.8) is 0 Å². The van der Waals surface area contributed by atoms with E-state index in [2.05, 4.69) is 10.2 Å². The van der Waals surface area contributed by atoms with E-state index in [4.69, 9.17) is 17.3 Å². The van der Waals surface area contributed by atoms with E-state index in [0.717, 1.165) is 10.9 Å². The van der Waals surface area contributed by atoms with Crippen LogP contribution in [0.2, 0.25) is 5.02 Å². The average Bonchev–Trinajstić information content (AvgIpc) is 2.84. The van der Waals surface area contributed by atoms with Crippen LogP contribution in [0.1, 0.15) is 24.2 Å². The molecule has 3 rings (SSSR count). The van der Waals surface area contributed by atoms with Gasteiger partial charge in [-0.05, 0) is 31.4 Å². The summed E-state index contributed by atoms with van der Waals surface area (Å²) in [5.41, 5.74) is 7.40. The summed E-state index contributed by atoms with van der Waals surface area (Å²) >= 11 is 6.19. The van der Waals surface area contributed by atoms with Crippen molar-refractivity contribution in [3.05, 3.63) is 57.1 Å². The van der Waals surface area contributed by atoms with Gasteiger partial charge in [0.15, 0.2) is 5.82 Å². The first-order valence-corrected chi connectivity index (χ1v) is 6.99. The second-order valence-electron chi connectivity index (χ2n) is 5.09. The molecule has 1 atom stereocenters. The topological polar surface area (TPSA) is 76.7 Å². The molecular formula is C15H15ClN4O.